The number of halogens is 1. The third-order valence-corrected chi connectivity index (χ3v) is 3.88. The van der Waals surface area contributed by atoms with Gasteiger partial charge in [0.05, 0.1) is 19.2 Å². The van der Waals surface area contributed by atoms with Gasteiger partial charge in [-0.25, -0.2) is 4.99 Å². The number of benzene rings is 2. The van der Waals surface area contributed by atoms with Crippen molar-refractivity contribution in [2.24, 2.45) is 10.7 Å². The molecule has 1 heterocycles. The summed E-state index contributed by atoms with van der Waals surface area (Å²) in [5, 5.41) is 4.00. The highest BCUT2D eigenvalue weighted by Gasteiger charge is 2.21. The van der Waals surface area contributed by atoms with E-state index in [-0.39, 0.29) is 6.04 Å². The number of rotatable bonds is 3. The molecule has 114 valence electrons. The molecule has 0 aromatic heterocycles. The zero-order valence-electron chi connectivity index (χ0n) is 12.1. The average molecular weight is 316 g/mol. The predicted molar refractivity (Wildman–Crippen MR) is 89.2 cm³/mol. The normalized spacial score (nSPS) is 17.5. The summed E-state index contributed by atoms with van der Waals surface area (Å²) < 4.78 is 5.64. The van der Waals surface area contributed by atoms with Gasteiger partial charge in [-0.15, -0.1) is 0 Å². The molecule has 0 saturated heterocycles. The minimum atomic E-state index is 0.138. The van der Waals surface area contributed by atoms with E-state index in [1.165, 1.54) is 0 Å². The maximum Gasteiger partial charge on any atom is 0.189 e. The van der Waals surface area contributed by atoms with Crippen LogP contribution in [0.15, 0.2) is 53.5 Å². The van der Waals surface area contributed by atoms with Gasteiger partial charge >= 0.3 is 0 Å². The molecule has 0 spiro atoms. The molecule has 5 heteroatoms. The van der Waals surface area contributed by atoms with Crippen molar-refractivity contribution in [1.82, 2.24) is 5.32 Å². The third-order valence-electron chi connectivity index (χ3n) is 3.63. The predicted octanol–water partition coefficient (Wildman–Crippen LogP) is 3.27. The molecule has 1 aliphatic heterocycles. The van der Waals surface area contributed by atoms with Crippen LogP contribution in [0, 0.1) is 0 Å². The number of nitrogens with zero attached hydrogens (tertiary/aromatic N) is 1. The molecule has 1 atom stereocenters. The molecule has 0 saturated carbocycles. The molecule has 1 unspecified atom stereocenters. The van der Waals surface area contributed by atoms with Crippen LogP contribution in [-0.2, 0) is 6.54 Å². The van der Waals surface area contributed by atoms with Crippen LogP contribution in [0.2, 0.25) is 5.02 Å². The van der Waals surface area contributed by atoms with Gasteiger partial charge in [0.25, 0.3) is 0 Å². The molecular formula is C17H18ClN3O. The number of aliphatic imine (C=N–C) groups is 1. The number of guanidine groups is 1. The SMILES string of the molecule is NC(=NCc1ccc(Cl)cc1)NC1CCOc2ccccc21. The number of nitrogens with one attached hydrogen (secondary N) is 1. The summed E-state index contributed by atoms with van der Waals surface area (Å²) in [6.45, 7) is 1.21. The second-order valence-corrected chi connectivity index (χ2v) is 5.64. The summed E-state index contributed by atoms with van der Waals surface area (Å²) in [7, 11) is 0. The highest BCUT2D eigenvalue weighted by atomic mass is 35.5. The van der Waals surface area contributed by atoms with Crippen molar-refractivity contribution in [2.75, 3.05) is 6.61 Å². The number of hydrogen-bond donors (Lipinski definition) is 2. The monoisotopic (exact) mass is 315 g/mol. The fraction of sp³-hybridized carbons (Fsp3) is 0.235. The van der Waals surface area contributed by atoms with Gasteiger partial charge < -0.3 is 15.8 Å². The summed E-state index contributed by atoms with van der Waals surface area (Å²) in [6, 6.07) is 15.7. The molecule has 2 aromatic rings. The summed E-state index contributed by atoms with van der Waals surface area (Å²) in [6.07, 6.45) is 0.869. The van der Waals surface area contributed by atoms with Crippen LogP contribution in [0.3, 0.4) is 0 Å². The Morgan fingerprint density at radius 2 is 2.00 bits per heavy atom. The van der Waals surface area contributed by atoms with Crippen LogP contribution >= 0.6 is 11.6 Å². The van der Waals surface area contributed by atoms with E-state index in [2.05, 4.69) is 16.4 Å². The van der Waals surface area contributed by atoms with Crippen LogP contribution in [0.1, 0.15) is 23.6 Å². The lowest BCUT2D eigenvalue weighted by molar-refractivity contribution is 0.262. The van der Waals surface area contributed by atoms with Crippen molar-refractivity contribution < 1.29 is 4.74 Å². The van der Waals surface area contributed by atoms with Crippen LogP contribution in [0.4, 0.5) is 0 Å². The van der Waals surface area contributed by atoms with E-state index in [4.69, 9.17) is 22.1 Å². The van der Waals surface area contributed by atoms with E-state index in [0.717, 1.165) is 28.3 Å². The van der Waals surface area contributed by atoms with Crippen molar-refractivity contribution in [3.63, 3.8) is 0 Å². The highest BCUT2D eigenvalue weighted by molar-refractivity contribution is 6.30. The molecular weight excluding hydrogens is 298 g/mol. The summed E-state index contributed by atoms with van der Waals surface area (Å²) in [5.74, 6) is 1.36. The maximum absolute atomic E-state index is 6.01. The van der Waals surface area contributed by atoms with E-state index >= 15 is 0 Å². The number of para-hydroxylation sites is 1. The van der Waals surface area contributed by atoms with Crippen LogP contribution < -0.4 is 15.8 Å². The molecule has 4 nitrogen and oxygen atoms in total. The second-order valence-electron chi connectivity index (χ2n) is 5.20. The molecule has 0 fully saturated rings. The minimum absolute atomic E-state index is 0.138. The lowest BCUT2D eigenvalue weighted by Crippen LogP contribution is -2.37. The second kappa shape index (κ2) is 6.71. The van der Waals surface area contributed by atoms with E-state index in [0.29, 0.717) is 19.1 Å². The fourth-order valence-electron chi connectivity index (χ4n) is 2.48. The van der Waals surface area contributed by atoms with Crippen molar-refractivity contribution in [3.8, 4) is 5.75 Å². The third kappa shape index (κ3) is 3.52. The number of nitrogens with two attached hydrogens (primary N) is 1. The van der Waals surface area contributed by atoms with E-state index in [9.17, 15) is 0 Å². The van der Waals surface area contributed by atoms with Gasteiger partial charge in [0.1, 0.15) is 5.75 Å². The molecule has 3 rings (SSSR count). The molecule has 22 heavy (non-hydrogen) atoms. The highest BCUT2D eigenvalue weighted by Crippen LogP contribution is 2.31. The standard InChI is InChI=1S/C17H18ClN3O/c18-13-7-5-12(6-8-13)11-20-17(19)21-15-9-10-22-16-4-2-1-3-14(15)16/h1-8,15H,9-11H2,(H3,19,20,21). The number of fused-ring (bicyclic) bond motifs is 1. The molecule has 2 aromatic carbocycles. The lowest BCUT2D eigenvalue weighted by Gasteiger charge is -2.26. The molecule has 3 N–H and O–H groups in total. The fourth-order valence-corrected chi connectivity index (χ4v) is 2.61. The largest absolute Gasteiger partial charge is 0.493 e. The van der Waals surface area contributed by atoms with Crippen LogP contribution in [0.25, 0.3) is 0 Å². The summed E-state index contributed by atoms with van der Waals surface area (Å²) >= 11 is 5.87. The smallest absolute Gasteiger partial charge is 0.189 e. The molecule has 0 radical (unpaired) electrons. The zero-order valence-corrected chi connectivity index (χ0v) is 12.9. The first-order valence-electron chi connectivity index (χ1n) is 7.25. The Kier molecular flexibility index (Phi) is 4.49. The maximum atomic E-state index is 6.01. The quantitative estimate of drug-likeness (QED) is 0.675. The Balaban J connectivity index is 1.65. The lowest BCUT2D eigenvalue weighted by atomic mass is 10.0. The van der Waals surface area contributed by atoms with Crippen molar-refractivity contribution in [2.45, 2.75) is 19.0 Å². The summed E-state index contributed by atoms with van der Waals surface area (Å²) in [4.78, 5) is 4.39. The number of ether oxygens (including phenoxy) is 1. The Bertz CT molecular complexity index is 670. The first kappa shape index (κ1) is 14.7. The van der Waals surface area contributed by atoms with Gasteiger partial charge in [-0.3, -0.25) is 0 Å². The first-order chi connectivity index (χ1) is 10.7. The van der Waals surface area contributed by atoms with Gasteiger partial charge in [0.2, 0.25) is 0 Å². The van der Waals surface area contributed by atoms with E-state index < -0.39 is 0 Å². The molecule has 0 aliphatic carbocycles. The first-order valence-corrected chi connectivity index (χ1v) is 7.63. The van der Waals surface area contributed by atoms with Gasteiger partial charge in [0, 0.05) is 17.0 Å². The summed E-state index contributed by atoms with van der Waals surface area (Å²) in [5.41, 5.74) is 8.21. The van der Waals surface area contributed by atoms with Crippen molar-refractivity contribution >= 4 is 17.6 Å². The Labute approximate surface area is 135 Å². The molecule has 0 bridgehead atoms. The van der Waals surface area contributed by atoms with Gasteiger partial charge in [0.15, 0.2) is 5.96 Å². The van der Waals surface area contributed by atoms with Crippen LogP contribution in [-0.4, -0.2) is 12.6 Å². The molecule has 1 aliphatic rings. The topological polar surface area (TPSA) is 59.6 Å². The molecule has 0 amide bonds. The Hall–Kier alpha value is -2.20. The minimum Gasteiger partial charge on any atom is -0.493 e. The number of hydrogen-bond acceptors (Lipinski definition) is 2. The van der Waals surface area contributed by atoms with Gasteiger partial charge in [-0.1, -0.05) is 41.9 Å². The Morgan fingerprint density at radius 3 is 2.82 bits per heavy atom. The Morgan fingerprint density at radius 1 is 1.23 bits per heavy atom. The zero-order chi connectivity index (χ0) is 15.4. The van der Waals surface area contributed by atoms with Crippen LogP contribution in [0.5, 0.6) is 5.75 Å². The average Bonchev–Trinajstić information content (AvgIpc) is 2.55. The van der Waals surface area contributed by atoms with Crippen molar-refractivity contribution in [3.05, 3.63) is 64.7 Å². The van der Waals surface area contributed by atoms with Gasteiger partial charge in [-0.05, 0) is 23.8 Å². The van der Waals surface area contributed by atoms with E-state index in [1.807, 2.05) is 42.5 Å². The van der Waals surface area contributed by atoms with Crippen molar-refractivity contribution in [1.29, 1.82) is 0 Å². The van der Waals surface area contributed by atoms with E-state index in [1.54, 1.807) is 0 Å². The van der Waals surface area contributed by atoms with Gasteiger partial charge in [-0.2, -0.15) is 0 Å².